The fourth-order valence-corrected chi connectivity index (χ4v) is 12.0. The largest absolute Gasteiger partial charge is 0.466 e. The molecular formula is C76H147NO5. The quantitative estimate of drug-likeness (QED) is 0.0320. The Labute approximate surface area is 513 Å². The van der Waals surface area contributed by atoms with Gasteiger partial charge in [-0.3, -0.25) is 9.59 Å². The number of carbonyl (C=O) groups excluding carboxylic acids is 2. The van der Waals surface area contributed by atoms with Crippen molar-refractivity contribution in [3.8, 4) is 0 Å². The Morgan fingerprint density at radius 2 is 0.573 bits per heavy atom. The number of esters is 1. The Morgan fingerprint density at radius 3 is 0.866 bits per heavy atom. The Morgan fingerprint density at radius 1 is 0.329 bits per heavy atom. The Kier molecular flexibility index (Phi) is 70.4. The van der Waals surface area contributed by atoms with Crippen molar-refractivity contribution in [2.45, 2.75) is 437 Å². The highest BCUT2D eigenvalue weighted by Crippen LogP contribution is 2.19. The van der Waals surface area contributed by atoms with E-state index in [1.54, 1.807) is 0 Å². The van der Waals surface area contributed by atoms with Crippen LogP contribution in [-0.2, 0) is 14.3 Å². The van der Waals surface area contributed by atoms with E-state index < -0.39 is 12.1 Å². The third-order valence-corrected chi connectivity index (χ3v) is 17.7. The number of unbranched alkanes of at least 4 members (excludes halogenated alkanes) is 56. The number of hydrogen-bond acceptors (Lipinski definition) is 5. The van der Waals surface area contributed by atoms with Crippen molar-refractivity contribution in [2.24, 2.45) is 0 Å². The Bertz CT molecular complexity index is 1280. The predicted octanol–water partition coefficient (Wildman–Crippen LogP) is 24.5. The second kappa shape index (κ2) is 71.8. The minimum Gasteiger partial charge on any atom is -0.466 e. The van der Waals surface area contributed by atoms with Crippen LogP contribution in [0.1, 0.15) is 425 Å². The van der Waals surface area contributed by atoms with Gasteiger partial charge in [0, 0.05) is 12.8 Å². The van der Waals surface area contributed by atoms with E-state index in [9.17, 15) is 19.8 Å². The van der Waals surface area contributed by atoms with E-state index in [4.69, 9.17) is 4.74 Å². The lowest BCUT2D eigenvalue weighted by Crippen LogP contribution is -2.45. The van der Waals surface area contributed by atoms with Gasteiger partial charge in [-0.1, -0.05) is 359 Å². The van der Waals surface area contributed by atoms with E-state index >= 15 is 0 Å². The van der Waals surface area contributed by atoms with Crippen molar-refractivity contribution in [1.82, 2.24) is 5.32 Å². The van der Waals surface area contributed by atoms with E-state index in [0.717, 1.165) is 44.9 Å². The third kappa shape index (κ3) is 67.5. The molecule has 0 radical (unpaired) electrons. The number of allylic oxidation sites excluding steroid dienone is 4. The number of carbonyl (C=O) groups is 2. The zero-order valence-corrected chi connectivity index (χ0v) is 55.8. The summed E-state index contributed by atoms with van der Waals surface area (Å²) in [6, 6.07) is -0.542. The van der Waals surface area contributed by atoms with Crippen LogP contribution in [0.3, 0.4) is 0 Å². The molecule has 0 aliphatic carbocycles. The second-order valence-corrected chi connectivity index (χ2v) is 26.0. The van der Waals surface area contributed by atoms with Crippen LogP contribution in [0.5, 0.6) is 0 Å². The van der Waals surface area contributed by atoms with Gasteiger partial charge in [-0.25, -0.2) is 0 Å². The number of nitrogens with one attached hydrogen (secondary N) is 1. The molecule has 82 heavy (non-hydrogen) atoms. The van der Waals surface area contributed by atoms with Crippen LogP contribution in [0, 0.1) is 0 Å². The molecule has 0 aliphatic heterocycles. The molecule has 0 fully saturated rings. The minimum atomic E-state index is -0.664. The molecule has 0 spiro atoms. The summed E-state index contributed by atoms with van der Waals surface area (Å²) in [5, 5.41) is 23.4. The van der Waals surface area contributed by atoms with E-state index in [2.05, 4.69) is 43.5 Å². The molecule has 0 aliphatic rings. The van der Waals surface area contributed by atoms with Gasteiger partial charge in [-0.2, -0.15) is 0 Å². The van der Waals surface area contributed by atoms with E-state index in [1.807, 2.05) is 0 Å². The molecule has 3 N–H and O–H groups in total. The van der Waals surface area contributed by atoms with Crippen molar-refractivity contribution in [2.75, 3.05) is 13.2 Å². The molecule has 0 saturated carbocycles. The van der Waals surface area contributed by atoms with Crippen LogP contribution in [0.15, 0.2) is 24.3 Å². The molecule has 1 amide bonds. The van der Waals surface area contributed by atoms with Crippen LogP contribution in [-0.4, -0.2) is 47.4 Å². The van der Waals surface area contributed by atoms with Crippen LogP contribution < -0.4 is 5.32 Å². The molecule has 0 aromatic rings. The average Bonchev–Trinajstić information content (AvgIpc) is 3.48. The van der Waals surface area contributed by atoms with Crippen LogP contribution in [0.25, 0.3) is 0 Å². The van der Waals surface area contributed by atoms with Gasteiger partial charge in [0.25, 0.3) is 0 Å². The molecule has 0 saturated heterocycles. The maximum absolute atomic E-state index is 12.6. The van der Waals surface area contributed by atoms with Gasteiger partial charge in [-0.05, 0) is 77.0 Å². The predicted molar refractivity (Wildman–Crippen MR) is 361 cm³/mol. The van der Waals surface area contributed by atoms with Crippen molar-refractivity contribution in [1.29, 1.82) is 0 Å². The van der Waals surface area contributed by atoms with Crippen molar-refractivity contribution >= 4 is 11.9 Å². The van der Waals surface area contributed by atoms with Crippen LogP contribution in [0.4, 0.5) is 0 Å². The first-order valence-corrected chi connectivity index (χ1v) is 37.6. The SMILES string of the molecule is CCCCCCCCC/C=C\CCCCCCCC(=O)OCCCCCCCCCCCCCC/C=C\CCCCCCCCCCCCCCCC(=O)NC(CO)C(O)CCCCCCCCCCCCCCCCCCCCCC. The number of aliphatic hydroxyl groups excluding tert-OH is 2. The summed E-state index contributed by atoms with van der Waals surface area (Å²) in [4.78, 5) is 24.6. The molecule has 2 atom stereocenters. The van der Waals surface area contributed by atoms with Crippen LogP contribution in [0.2, 0.25) is 0 Å². The Hall–Kier alpha value is -1.66. The molecule has 486 valence electrons. The van der Waals surface area contributed by atoms with Gasteiger partial charge in [0.15, 0.2) is 0 Å². The first-order chi connectivity index (χ1) is 40.5. The van der Waals surface area contributed by atoms with E-state index in [1.165, 1.54) is 347 Å². The maximum Gasteiger partial charge on any atom is 0.305 e. The van der Waals surface area contributed by atoms with Crippen molar-refractivity contribution in [3.63, 3.8) is 0 Å². The third-order valence-electron chi connectivity index (χ3n) is 17.7. The molecule has 0 rings (SSSR count). The zero-order valence-electron chi connectivity index (χ0n) is 55.8. The standard InChI is InChI=1S/C76H147NO5/c1-3-5-7-9-11-13-15-17-19-21-22-34-37-40-44-48-52-56-60-64-68-74(79)73(72-78)77-75(80)69-65-61-57-53-49-45-41-38-35-32-30-28-26-24-23-25-27-29-31-33-36-39-43-47-51-55-59-63-67-71-82-76(81)70-66-62-58-54-50-46-42-20-18-16-14-12-10-8-6-4-2/h20,23,25,42,73-74,78-79H,3-19,21-22,24,26-41,43-72H2,1-2H3,(H,77,80)/b25-23-,42-20-. The van der Waals surface area contributed by atoms with Crippen molar-refractivity contribution < 1.29 is 24.5 Å². The Balaban J connectivity index is 3.37. The topological polar surface area (TPSA) is 95.9 Å². The molecule has 0 heterocycles. The summed E-state index contributed by atoms with van der Waals surface area (Å²) in [6.07, 6.45) is 91.0. The number of aliphatic hydroxyl groups is 2. The van der Waals surface area contributed by atoms with Gasteiger partial charge >= 0.3 is 5.97 Å². The fourth-order valence-electron chi connectivity index (χ4n) is 12.0. The minimum absolute atomic E-state index is 0.0100. The first-order valence-electron chi connectivity index (χ1n) is 37.6. The van der Waals surface area contributed by atoms with Gasteiger partial charge in [-0.15, -0.1) is 0 Å². The fraction of sp³-hybridized carbons (Fsp3) is 0.921. The van der Waals surface area contributed by atoms with Gasteiger partial charge in [0.1, 0.15) is 0 Å². The van der Waals surface area contributed by atoms with Crippen LogP contribution >= 0.6 is 0 Å². The smallest absolute Gasteiger partial charge is 0.305 e. The summed E-state index contributed by atoms with van der Waals surface area (Å²) < 4.78 is 5.50. The summed E-state index contributed by atoms with van der Waals surface area (Å²) >= 11 is 0. The number of hydrogen-bond donors (Lipinski definition) is 3. The highest BCUT2D eigenvalue weighted by atomic mass is 16.5. The number of amides is 1. The summed E-state index contributed by atoms with van der Waals surface area (Å²) in [5.41, 5.74) is 0. The van der Waals surface area contributed by atoms with Gasteiger partial charge < -0.3 is 20.3 Å². The zero-order chi connectivity index (χ0) is 59.2. The molecule has 0 aromatic carbocycles. The van der Waals surface area contributed by atoms with E-state index in [0.29, 0.717) is 25.9 Å². The molecule has 6 nitrogen and oxygen atoms in total. The maximum atomic E-state index is 12.6. The highest BCUT2D eigenvalue weighted by Gasteiger charge is 2.20. The molecule has 0 aromatic heterocycles. The highest BCUT2D eigenvalue weighted by molar-refractivity contribution is 5.76. The normalized spacial score (nSPS) is 12.6. The lowest BCUT2D eigenvalue weighted by atomic mass is 10.0. The molecule has 2 unspecified atom stereocenters. The summed E-state index contributed by atoms with van der Waals surface area (Å²) in [5.74, 6) is -0.0195. The molecule has 6 heteroatoms. The first kappa shape index (κ1) is 80.3. The lowest BCUT2D eigenvalue weighted by molar-refractivity contribution is -0.143. The second-order valence-electron chi connectivity index (χ2n) is 26.0. The molecular weight excluding hydrogens is 1010 g/mol. The summed E-state index contributed by atoms with van der Waals surface area (Å²) in [7, 11) is 0. The number of rotatable bonds is 71. The monoisotopic (exact) mass is 1150 g/mol. The van der Waals surface area contributed by atoms with E-state index in [-0.39, 0.29) is 18.5 Å². The summed E-state index contributed by atoms with van der Waals surface area (Å²) in [6.45, 7) is 4.99. The van der Waals surface area contributed by atoms with Gasteiger partial charge in [0.2, 0.25) is 5.91 Å². The lowest BCUT2D eigenvalue weighted by Gasteiger charge is -2.22. The van der Waals surface area contributed by atoms with Crippen molar-refractivity contribution in [3.05, 3.63) is 24.3 Å². The number of ether oxygens (including phenoxy) is 1. The molecule has 0 bridgehead atoms. The van der Waals surface area contributed by atoms with Gasteiger partial charge in [0.05, 0.1) is 25.4 Å². The average molecular weight is 1160 g/mol.